The average molecular weight is 577 g/mol. The van der Waals surface area contributed by atoms with Gasteiger partial charge in [0.25, 0.3) is 0 Å². The molecule has 0 aliphatic rings. The Bertz CT molecular complexity index is 2550. The quantitative estimate of drug-likeness (QED) is 0.209. The molecule has 0 aliphatic heterocycles. The molecule has 0 spiro atoms. The van der Waals surface area contributed by atoms with Gasteiger partial charge in [0.2, 0.25) is 5.89 Å². The molecule has 0 fully saturated rings. The van der Waals surface area contributed by atoms with E-state index in [0.29, 0.717) is 28.9 Å². The minimum absolute atomic E-state index is 0.577. The normalized spacial score (nSPS) is 11.6. The van der Waals surface area contributed by atoms with Crippen molar-refractivity contribution in [2.24, 2.45) is 0 Å². The molecule has 2 heterocycles. The lowest BCUT2D eigenvalue weighted by Gasteiger charge is -2.11. The second-order valence-corrected chi connectivity index (χ2v) is 11.1. The molecule has 0 saturated heterocycles. The zero-order valence-corrected chi connectivity index (χ0v) is 24.1. The van der Waals surface area contributed by atoms with E-state index < -0.39 is 0 Å². The molecule has 0 saturated carbocycles. The fourth-order valence-corrected chi connectivity index (χ4v) is 6.14. The fourth-order valence-electron chi connectivity index (χ4n) is 6.14. The summed E-state index contributed by atoms with van der Waals surface area (Å²) in [6.45, 7) is 0. The number of oxazole rings is 1. The Morgan fingerprint density at radius 2 is 1.04 bits per heavy atom. The van der Waals surface area contributed by atoms with Crippen molar-refractivity contribution in [3.05, 3.63) is 146 Å². The first-order valence-electron chi connectivity index (χ1n) is 14.9. The number of fused-ring (bicyclic) bond motifs is 5. The van der Waals surface area contributed by atoms with E-state index >= 15 is 0 Å². The molecule has 5 heteroatoms. The number of hydrogen-bond acceptors (Lipinski definition) is 5. The monoisotopic (exact) mass is 576 g/mol. The van der Waals surface area contributed by atoms with Crippen molar-refractivity contribution in [3.8, 4) is 45.6 Å². The largest absolute Gasteiger partial charge is 0.435 e. The van der Waals surface area contributed by atoms with Crippen LogP contribution in [-0.4, -0.2) is 19.9 Å². The predicted octanol–water partition coefficient (Wildman–Crippen LogP) is 10.1. The molecule has 0 radical (unpaired) electrons. The molecule has 7 aromatic carbocycles. The summed E-state index contributed by atoms with van der Waals surface area (Å²) in [7, 11) is 0. The lowest BCUT2D eigenvalue weighted by molar-refractivity contribution is 0.624. The van der Waals surface area contributed by atoms with Crippen molar-refractivity contribution in [1.82, 2.24) is 19.9 Å². The molecule has 0 bridgehead atoms. The van der Waals surface area contributed by atoms with E-state index in [0.717, 1.165) is 54.7 Å². The molecule has 9 aromatic rings. The Hall–Kier alpha value is -6.20. The first kappa shape index (κ1) is 25.3. The highest BCUT2D eigenvalue weighted by molar-refractivity contribution is 6.11. The van der Waals surface area contributed by atoms with E-state index in [1.54, 1.807) is 0 Å². The summed E-state index contributed by atoms with van der Waals surface area (Å²) in [5, 5.41) is 6.48. The molecular formula is C40H24N4O. The van der Waals surface area contributed by atoms with Crippen molar-refractivity contribution in [1.29, 1.82) is 0 Å². The maximum Gasteiger partial charge on any atom is 0.227 e. The van der Waals surface area contributed by atoms with Crippen molar-refractivity contribution in [3.63, 3.8) is 0 Å². The van der Waals surface area contributed by atoms with E-state index in [-0.39, 0.29) is 0 Å². The van der Waals surface area contributed by atoms with Crippen molar-refractivity contribution in [2.75, 3.05) is 0 Å². The van der Waals surface area contributed by atoms with E-state index in [1.807, 2.05) is 72.8 Å². The van der Waals surface area contributed by atoms with Crippen LogP contribution in [0.5, 0.6) is 0 Å². The summed E-state index contributed by atoms with van der Waals surface area (Å²) in [6.07, 6.45) is 0. The standard InChI is InChI=1S/C40H24N4O/c1-2-12-28(13-3-1)37-42-38(30-21-20-25-10-4-5-14-29(25)24-30)44-39(43-37)33-19-9-16-27-22-23-34-36(35(27)33)45-40(41-34)32-18-8-15-26-11-6-7-17-31(26)32/h1-24H. The number of rotatable bonds is 4. The number of nitrogens with zero attached hydrogens (tertiary/aromatic N) is 4. The average Bonchev–Trinajstić information content (AvgIpc) is 3.56. The van der Waals surface area contributed by atoms with Gasteiger partial charge in [0.1, 0.15) is 5.52 Å². The molecule has 0 aliphatic carbocycles. The van der Waals surface area contributed by atoms with Crippen LogP contribution < -0.4 is 0 Å². The van der Waals surface area contributed by atoms with Crippen LogP contribution in [0.1, 0.15) is 0 Å². The van der Waals surface area contributed by atoms with Gasteiger partial charge in [0.05, 0.1) is 0 Å². The lowest BCUT2D eigenvalue weighted by atomic mass is 10.0. The third-order valence-corrected chi connectivity index (χ3v) is 8.33. The molecule has 0 N–H and O–H groups in total. The highest BCUT2D eigenvalue weighted by Crippen LogP contribution is 2.38. The Morgan fingerprint density at radius 1 is 0.400 bits per heavy atom. The van der Waals surface area contributed by atoms with E-state index in [9.17, 15) is 0 Å². The third-order valence-electron chi connectivity index (χ3n) is 8.33. The molecule has 210 valence electrons. The molecule has 45 heavy (non-hydrogen) atoms. The van der Waals surface area contributed by atoms with Gasteiger partial charge < -0.3 is 4.42 Å². The van der Waals surface area contributed by atoms with Gasteiger partial charge in [-0.05, 0) is 45.1 Å². The van der Waals surface area contributed by atoms with Gasteiger partial charge in [-0.2, -0.15) is 0 Å². The molecular weight excluding hydrogens is 552 g/mol. The van der Waals surface area contributed by atoms with Crippen LogP contribution in [-0.2, 0) is 0 Å². The van der Waals surface area contributed by atoms with Crippen LogP contribution >= 0.6 is 0 Å². The van der Waals surface area contributed by atoms with Crippen LogP contribution in [0.3, 0.4) is 0 Å². The Balaban J connectivity index is 1.29. The van der Waals surface area contributed by atoms with Gasteiger partial charge in [-0.1, -0.05) is 127 Å². The Kier molecular flexibility index (Phi) is 5.74. The first-order chi connectivity index (χ1) is 22.3. The van der Waals surface area contributed by atoms with E-state index in [4.69, 9.17) is 24.4 Å². The summed E-state index contributed by atoms with van der Waals surface area (Å²) in [5.41, 5.74) is 5.16. The fraction of sp³-hybridized carbons (Fsp3) is 0. The maximum absolute atomic E-state index is 6.63. The maximum atomic E-state index is 6.63. The minimum Gasteiger partial charge on any atom is -0.435 e. The summed E-state index contributed by atoms with van der Waals surface area (Å²) in [6, 6.07) is 49.5. The zero-order chi connectivity index (χ0) is 29.7. The smallest absolute Gasteiger partial charge is 0.227 e. The third kappa shape index (κ3) is 4.33. The predicted molar refractivity (Wildman–Crippen MR) is 182 cm³/mol. The second kappa shape index (κ2) is 10.2. The van der Waals surface area contributed by atoms with E-state index in [1.165, 1.54) is 5.39 Å². The summed E-state index contributed by atoms with van der Waals surface area (Å²) in [4.78, 5) is 20.0. The van der Waals surface area contributed by atoms with Gasteiger partial charge in [-0.25, -0.2) is 19.9 Å². The number of hydrogen-bond donors (Lipinski definition) is 0. The number of aromatic nitrogens is 4. The minimum atomic E-state index is 0.577. The highest BCUT2D eigenvalue weighted by Gasteiger charge is 2.19. The van der Waals surface area contributed by atoms with Crippen LogP contribution in [0.4, 0.5) is 0 Å². The Morgan fingerprint density at radius 3 is 1.91 bits per heavy atom. The number of benzene rings is 7. The SMILES string of the molecule is c1ccc(-c2nc(-c3ccc4ccccc4c3)nc(-c3cccc4ccc5nc(-c6cccc7ccccc67)oc5c34)n2)cc1. The van der Waals surface area contributed by atoms with Crippen LogP contribution in [0, 0.1) is 0 Å². The summed E-state index contributed by atoms with van der Waals surface area (Å²) >= 11 is 0. The summed E-state index contributed by atoms with van der Waals surface area (Å²) in [5.74, 6) is 2.39. The van der Waals surface area contributed by atoms with Gasteiger partial charge in [0, 0.05) is 27.6 Å². The van der Waals surface area contributed by atoms with Gasteiger partial charge in [0.15, 0.2) is 23.1 Å². The van der Waals surface area contributed by atoms with Crippen LogP contribution in [0.25, 0.3) is 89.0 Å². The first-order valence-corrected chi connectivity index (χ1v) is 14.9. The van der Waals surface area contributed by atoms with Crippen molar-refractivity contribution in [2.45, 2.75) is 0 Å². The zero-order valence-electron chi connectivity index (χ0n) is 24.1. The highest BCUT2D eigenvalue weighted by atomic mass is 16.3. The second-order valence-electron chi connectivity index (χ2n) is 11.1. The van der Waals surface area contributed by atoms with Crippen LogP contribution in [0.15, 0.2) is 150 Å². The van der Waals surface area contributed by atoms with Gasteiger partial charge in [-0.3, -0.25) is 0 Å². The molecule has 0 amide bonds. The van der Waals surface area contributed by atoms with Crippen molar-refractivity contribution >= 4 is 43.4 Å². The molecule has 2 aromatic heterocycles. The topological polar surface area (TPSA) is 64.7 Å². The lowest BCUT2D eigenvalue weighted by Crippen LogP contribution is -2.00. The van der Waals surface area contributed by atoms with Crippen molar-refractivity contribution < 1.29 is 4.42 Å². The van der Waals surface area contributed by atoms with Gasteiger partial charge >= 0.3 is 0 Å². The van der Waals surface area contributed by atoms with E-state index in [2.05, 4.69) is 72.8 Å². The summed E-state index contributed by atoms with van der Waals surface area (Å²) < 4.78 is 6.63. The molecule has 5 nitrogen and oxygen atoms in total. The Labute approximate surface area is 258 Å². The molecule has 0 atom stereocenters. The molecule has 0 unspecified atom stereocenters. The molecule has 9 rings (SSSR count). The van der Waals surface area contributed by atoms with Crippen LogP contribution in [0.2, 0.25) is 0 Å². The van der Waals surface area contributed by atoms with Gasteiger partial charge in [-0.15, -0.1) is 0 Å².